The standard InChI is InChI=1S/C15H24BrN3/c1-11-9-19(10-15(11)18(3)4)14-7-13(16)6-5-12(14)8-17-2/h5-7,11,15,17H,8-10H2,1-4H3. The third-order valence-electron chi connectivity index (χ3n) is 3.99. The molecule has 1 fully saturated rings. The summed E-state index contributed by atoms with van der Waals surface area (Å²) in [6.45, 7) is 5.51. The van der Waals surface area contributed by atoms with Crippen molar-refractivity contribution in [2.45, 2.75) is 19.5 Å². The van der Waals surface area contributed by atoms with Crippen LogP contribution in [0.25, 0.3) is 0 Å². The molecule has 1 aliphatic rings. The maximum Gasteiger partial charge on any atom is 0.0423 e. The molecule has 4 heteroatoms. The Kier molecular flexibility index (Phi) is 4.87. The van der Waals surface area contributed by atoms with Crippen molar-refractivity contribution in [3.63, 3.8) is 0 Å². The van der Waals surface area contributed by atoms with Crippen LogP contribution in [0.5, 0.6) is 0 Å². The fourth-order valence-electron chi connectivity index (χ4n) is 2.99. The van der Waals surface area contributed by atoms with Crippen molar-refractivity contribution in [2.75, 3.05) is 39.1 Å². The van der Waals surface area contributed by atoms with Crippen LogP contribution in [-0.4, -0.2) is 45.2 Å². The van der Waals surface area contributed by atoms with Crippen molar-refractivity contribution in [3.05, 3.63) is 28.2 Å². The molecule has 0 bridgehead atoms. The molecule has 19 heavy (non-hydrogen) atoms. The molecule has 0 aromatic heterocycles. The van der Waals surface area contributed by atoms with Crippen LogP contribution in [0, 0.1) is 5.92 Å². The number of hydrogen-bond donors (Lipinski definition) is 1. The van der Waals surface area contributed by atoms with Gasteiger partial charge in [-0.1, -0.05) is 28.9 Å². The smallest absolute Gasteiger partial charge is 0.0423 e. The van der Waals surface area contributed by atoms with Gasteiger partial charge in [0.1, 0.15) is 0 Å². The molecule has 1 aromatic carbocycles. The number of hydrogen-bond acceptors (Lipinski definition) is 3. The third kappa shape index (κ3) is 3.30. The van der Waals surface area contributed by atoms with Crippen molar-refractivity contribution < 1.29 is 0 Å². The van der Waals surface area contributed by atoms with Crippen LogP contribution in [0.3, 0.4) is 0 Å². The molecule has 0 saturated carbocycles. The van der Waals surface area contributed by atoms with Gasteiger partial charge in [-0.25, -0.2) is 0 Å². The first-order valence-corrected chi connectivity index (χ1v) is 7.66. The summed E-state index contributed by atoms with van der Waals surface area (Å²) < 4.78 is 1.16. The monoisotopic (exact) mass is 325 g/mol. The highest BCUT2D eigenvalue weighted by molar-refractivity contribution is 9.10. The molecule has 3 nitrogen and oxygen atoms in total. The van der Waals surface area contributed by atoms with Gasteiger partial charge in [-0.2, -0.15) is 0 Å². The molecule has 0 aliphatic carbocycles. The minimum absolute atomic E-state index is 0.640. The molecule has 1 aromatic rings. The van der Waals surface area contributed by atoms with Gasteiger partial charge in [0.2, 0.25) is 0 Å². The van der Waals surface area contributed by atoms with Crippen LogP contribution in [0.4, 0.5) is 5.69 Å². The molecule has 1 saturated heterocycles. The second-order valence-corrected chi connectivity index (χ2v) is 6.63. The lowest BCUT2D eigenvalue weighted by Gasteiger charge is -2.24. The third-order valence-corrected chi connectivity index (χ3v) is 4.48. The average Bonchev–Trinajstić information content (AvgIpc) is 2.74. The highest BCUT2D eigenvalue weighted by Crippen LogP contribution is 2.31. The SMILES string of the molecule is CNCc1ccc(Br)cc1N1CC(C)C(N(C)C)C1. The van der Waals surface area contributed by atoms with Crippen LogP contribution in [-0.2, 0) is 6.54 Å². The zero-order chi connectivity index (χ0) is 14.0. The number of likely N-dealkylation sites (N-methyl/N-ethyl adjacent to an activating group) is 1. The van der Waals surface area contributed by atoms with E-state index < -0.39 is 0 Å². The molecule has 0 amide bonds. The second-order valence-electron chi connectivity index (χ2n) is 5.72. The fourth-order valence-corrected chi connectivity index (χ4v) is 3.34. The van der Waals surface area contributed by atoms with Crippen LogP contribution in [0.15, 0.2) is 22.7 Å². The molecule has 1 aliphatic heterocycles. The molecular formula is C15H24BrN3. The molecule has 2 unspecified atom stereocenters. The Labute approximate surface area is 125 Å². The van der Waals surface area contributed by atoms with E-state index in [1.807, 2.05) is 7.05 Å². The summed E-state index contributed by atoms with van der Waals surface area (Å²) in [5, 5.41) is 3.26. The quantitative estimate of drug-likeness (QED) is 0.917. The van der Waals surface area contributed by atoms with Gasteiger partial charge in [0.15, 0.2) is 0 Å². The minimum atomic E-state index is 0.640. The van der Waals surface area contributed by atoms with E-state index in [-0.39, 0.29) is 0 Å². The van der Waals surface area contributed by atoms with E-state index in [9.17, 15) is 0 Å². The molecule has 106 valence electrons. The Morgan fingerprint density at radius 2 is 2.11 bits per heavy atom. The lowest BCUT2D eigenvalue weighted by atomic mass is 10.1. The van der Waals surface area contributed by atoms with Crippen LogP contribution < -0.4 is 10.2 Å². The fraction of sp³-hybridized carbons (Fsp3) is 0.600. The highest BCUT2D eigenvalue weighted by Gasteiger charge is 2.31. The van der Waals surface area contributed by atoms with Gasteiger partial charge in [-0.15, -0.1) is 0 Å². The lowest BCUT2D eigenvalue weighted by Crippen LogP contribution is -2.34. The maximum atomic E-state index is 3.60. The van der Waals surface area contributed by atoms with E-state index in [0.717, 1.165) is 24.1 Å². The Bertz CT molecular complexity index is 433. The van der Waals surface area contributed by atoms with Gasteiger partial charge in [0, 0.05) is 35.8 Å². The molecule has 1 heterocycles. The van der Waals surface area contributed by atoms with Crippen LogP contribution in [0.1, 0.15) is 12.5 Å². The molecule has 2 rings (SSSR count). The second kappa shape index (κ2) is 6.25. The van der Waals surface area contributed by atoms with E-state index >= 15 is 0 Å². The topological polar surface area (TPSA) is 18.5 Å². The maximum absolute atomic E-state index is 3.60. The van der Waals surface area contributed by atoms with Crippen molar-refractivity contribution >= 4 is 21.6 Å². The summed E-state index contributed by atoms with van der Waals surface area (Å²) in [6.07, 6.45) is 0. The van der Waals surface area contributed by atoms with Crippen molar-refractivity contribution in [3.8, 4) is 0 Å². The summed E-state index contributed by atoms with van der Waals surface area (Å²) in [7, 11) is 6.36. The zero-order valence-electron chi connectivity index (χ0n) is 12.3. The first-order chi connectivity index (χ1) is 9.02. The van der Waals surface area contributed by atoms with E-state index in [1.165, 1.54) is 11.3 Å². The molecule has 0 spiro atoms. The van der Waals surface area contributed by atoms with Gasteiger partial charge in [-0.3, -0.25) is 0 Å². The largest absolute Gasteiger partial charge is 0.369 e. The van der Waals surface area contributed by atoms with E-state index in [1.54, 1.807) is 0 Å². The van der Waals surface area contributed by atoms with Gasteiger partial charge in [0.05, 0.1) is 0 Å². The minimum Gasteiger partial charge on any atom is -0.369 e. The van der Waals surface area contributed by atoms with Crippen molar-refractivity contribution in [1.82, 2.24) is 10.2 Å². The number of halogens is 1. The summed E-state index contributed by atoms with van der Waals surface area (Å²) in [4.78, 5) is 4.87. The predicted octanol–water partition coefficient (Wildman–Crippen LogP) is 2.55. The number of rotatable bonds is 4. The summed E-state index contributed by atoms with van der Waals surface area (Å²) in [5.41, 5.74) is 2.73. The first-order valence-electron chi connectivity index (χ1n) is 6.87. The number of anilines is 1. The summed E-state index contributed by atoms with van der Waals surface area (Å²) in [6, 6.07) is 7.22. The number of benzene rings is 1. The van der Waals surface area contributed by atoms with E-state index in [2.05, 4.69) is 70.3 Å². The van der Waals surface area contributed by atoms with E-state index in [0.29, 0.717) is 12.0 Å². The Hall–Kier alpha value is -0.580. The van der Waals surface area contributed by atoms with Crippen LogP contribution >= 0.6 is 15.9 Å². The van der Waals surface area contributed by atoms with Crippen molar-refractivity contribution in [1.29, 1.82) is 0 Å². The van der Waals surface area contributed by atoms with Gasteiger partial charge in [0.25, 0.3) is 0 Å². The molecule has 1 N–H and O–H groups in total. The highest BCUT2D eigenvalue weighted by atomic mass is 79.9. The Morgan fingerprint density at radius 3 is 2.68 bits per heavy atom. The van der Waals surface area contributed by atoms with Crippen LogP contribution in [0.2, 0.25) is 0 Å². The zero-order valence-corrected chi connectivity index (χ0v) is 13.9. The number of nitrogens with one attached hydrogen (secondary N) is 1. The Morgan fingerprint density at radius 1 is 1.37 bits per heavy atom. The Balaban J connectivity index is 2.24. The normalized spacial score (nSPS) is 23.4. The van der Waals surface area contributed by atoms with Gasteiger partial charge >= 0.3 is 0 Å². The molecular weight excluding hydrogens is 302 g/mol. The van der Waals surface area contributed by atoms with Gasteiger partial charge in [-0.05, 0) is 44.8 Å². The molecule has 0 radical (unpaired) electrons. The van der Waals surface area contributed by atoms with Crippen molar-refractivity contribution in [2.24, 2.45) is 5.92 Å². The summed E-state index contributed by atoms with van der Waals surface area (Å²) in [5.74, 6) is 0.705. The summed E-state index contributed by atoms with van der Waals surface area (Å²) >= 11 is 3.60. The first kappa shape index (κ1) is 14.8. The predicted molar refractivity (Wildman–Crippen MR) is 85.8 cm³/mol. The average molecular weight is 326 g/mol. The lowest BCUT2D eigenvalue weighted by molar-refractivity contribution is 0.266. The number of nitrogens with zero attached hydrogens (tertiary/aromatic N) is 2. The molecule has 2 atom stereocenters. The van der Waals surface area contributed by atoms with Gasteiger partial charge < -0.3 is 15.1 Å². The van der Waals surface area contributed by atoms with E-state index in [4.69, 9.17) is 0 Å².